The molecule has 1 aromatic carbocycles. The first-order chi connectivity index (χ1) is 14.1. The van der Waals surface area contributed by atoms with Crippen LogP contribution >= 0.6 is 0 Å². The minimum Gasteiger partial charge on any atom is -0.493 e. The summed E-state index contributed by atoms with van der Waals surface area (Å²) in [6.45, 7) is 7.52. The molecule has 5 rings (SSSR count). The Morgan fingerprint density at radius 2 is 2.10 bits per heavy atom. The predicted octanol–water partition coefficient (Wildman–Crippen LogP) is 3.25. The first-order valence-corrected chi connectivity index (χ1v) is 10.5. The molecule has 1 N–H and O–H groups in total. The van der Waals surface area contributed by atoms with E-state index in [1.807, 2.05) is 38.1 Å². The van der Waals surface area contributed by atoms with Gasteiger partial charge >= 0.3 is 0 Å². The van der Waals surface area contributed by atoms with Crippen LogP contribution in [0.3, 0.4) is 0 Å². The molecule has 1 aliphatic carbocycles. The van der Waals surface area contributed by atoms with E-state index in [2.05, 4.69) is 9.88 Å². The molecule has 6 heteroatoms. The van der Waals surface area contributed by atoms with Crippen molar-refractivity contribution in [1.29, 1.82) is 0 Å². The van der Waals surface area contributed by atoms with Crippen molar-refractivity contribution < 1.29 is 19.3 Å². The number of ether oxygens (including phenoxy) is 3. The average molecular weight is 396 g/mol. The van der Waals surface area contributed by atoms with Crippen LogP contribution in [0.1, 0.15) is 36.6 Å². The third kappa shape index (κ3) is 3.15. The Kier molecular flexibility index (Phi) is 4.63. The summed E-state index contributed by atoms with van der Waals surface area (Å²) in [5, 5.41) is 11.6. The highest BCUT2D eigenvalue weighted by Crippen LogP contribution is 2.51. The maximum absolute atomic E-state index is 11.6. The number of fused-ring (bicyclic) bond motifs is 2. The number of hydrogen-bond donors (Lipinski definition) is 1. The number of likely N-dealkylation sites (tertiary alicyclic amines) is 1. The lowest BCUT2D eigenvalue weighted by atomic mass is 9.83. The summed E-state index contributed by atoms with van der Waals surface area (Å²) in [6, 6.07) is 7.95. The molecule has 0 radical (unpaired) electrons. The maximum Gasteiger partial charge on any atom is 0.231 e. The molecule has 6 nitrogen and oxygen atoms in total. The summed E-state index contributed by atoms with van der Waals surface area (Å²) >= 11 is 0. The van der Waals surface area contributed by atoms with E-state index < -0.39 is 5.60 Å². The number of rotatable bonds is 5. The summed E-state index contributed by atoms with van der Waals surface area (Å²) in [4.78, 5) is 6.99. The van der Waals surface area contributed by atoms with Gasteiger partial charge in [0, 0.05) is 43.4 Å². The molecule has 2 aliphatic heterocycles. The van der Waals surface area contributed by atoms with Crippen LogP contribution in [0.4, 0.5) is 0 Å². The second-order valence-electron chi connectivity index (χ2n) is 8.44. The van der Waals surface area contributed by atoms with Gasteiger partial charge in [-0.15, -0.1) is 0 Å². The van der Waals surface area contributed by atoms with E-state index in [0.717, 1.165) is 66.5 Å². The molecule has 0 amide bonds. The normalized spacial score (nSPS) is 28.0. The first-order valence-electron chi connectivity index (χ1n) is 10.5. The largest absolute Gasteiger partial charge is 0.493 e. The van der Waals surface area contributed by atoms with Gasteiger partial charge in [-0.3, -0.25) is 9.88 Å². The van der Waals surface area contributed by atoms with E-state index in [0.29, 0.717) is 12.5 Å². The zero-order valence-electron chi connectivity index (χ0n) is 17.1. The Morgan fingerprint density at radius 3 is 2.90 bits per heavy atom. The molecule has 3 heterocycles. The van der Waals surface area contributed by atoms with Crippen LogP contribution in [0.2, 0.25) is 0 Å². The summed E-state index contributed by atoms with van der Waals surface area (Å²) in [6.07, 6.45) is 3.62. The number of benzene rings is 1. The van der Waals surface area contributed by atoms with Crippen molar-refractivity contribution in [2.75, 3.05) is 26.5 Å². The van der Waals surface area contributed by atoms with Gasteiger partial charge in [0.15, 0.2) is 11.5 Å². The molecule has 3 atom stereocenters. The molecular formula is C23H28N2O4. The van der Waals surface area contributed by atoms with Gasteiger partial charge in [0.25, 0.3) is 0 Å². The second-order valence-corrected chi connectivity index (χ2v) is 8.44. The van der Waals surface area contributed by atoms with Crippen molar-refractivity contribution in [2.24, 2.45) is 11.8 Å². The molecular weight excluding hydrogens is 368 g/mol. The van der Waals surface area contributed by atoms with Gasteiger partial charge < -0.3 is 19.3 Å². The number of nitrogens with zero attached hydrogens (tertiary/aromatic N) is 2. The number of aryl methyl sites for hydroxylation is 1. The van der Waals surface area contributed by atoms with E-state index in [9.17, 15) is 5.11 Å². The minimum atomic E-state index is -0.831. The number of aromatic nitrogens is 1. The number of aliphatic hydroxyl groups is 1. The number of pyridine rings is 1. The van der Waals surface area contributed by atoms with E-state index in [1.165, 1.54) is 0 Å². The molecule has 0 bridgehead atoms. The predicted molar refractivity (Wildman–Crippen MR) is 108 cm³/mol. The Hall–Kier alpha value is -2.31. The van der Waals surface area contributed by atoms with Gasteiger partial charge in [0.05, 0.1) is 12.3 Å². The summed E-state index contributed by atoms with van der Waals surface area (Å²) in [7, 11) is 0. The van der Waals surface area contributed by atoms with Crippen molar-refractivity contribution in [3.05, 3.63) is 47.3 Å². The maximum atomic E-state index is 11.6. The molecule has 1 aromatic heterocycles. The Morgan fingerprint density at radius 1 is 1.28 bits per heavy atom. The lowest BCUT2D eigenvalue weighted by Gasteiger charge is -2.31. The van der Waals surface area contributed by atoms with Gasteiger partial charge in [-0.1, -0.05) is 6.07 Å². The Balaban J connectivity index is 1.37. The van der Waals surface area contributed by atoms with E-state index in [4.69, 9.17) is 14.2 Å². The molecule has 3 aliphatic rings. The van der Waals surface area contributed by atoms with Crippen molar-refractivity contribution in [2.45, 2.75) is 38.8 Å². The molecule has 29 heavy (non-hydrogen) atoms. The van der Waals surface area contributed by atoms with Crippen molar-refractivity contribution in [1.82, 2.24) is 9.88 Å². The van der Waals surface area contributed by atoms with Crippen LogP contribution in [0.25, 0.3) is 0 Å². The van der Waals surface area contributed by atoms with Crippen LogP contribution in [-0.4, -0.2) is 41.5 Å². The summed E-state index contributed by atoms with van der Waals surface area (Å²) < 4.78 is 16.9. The zero-order chi connectivity index (χ0) is 20.0. The molecule has 0 unspecified atom stereocenters. The van der Waals surface area contributed by atoms with E-state index >= 15 is 0 Å². The van der Waals surface area contributed by atoms with Gasteiger partial charge in [-0.05, 0) is 50.3 Å². The van der Waals surface area contributed by atoms with Crippen LogP contribution in [0.5, 0.6) is 17.2 Å². The van der Waals surface area contributed by atoms with Crippen molar-refractivity contribution in [3.63, 3.8) is 0 Å². The molecule has 0 spiro atoms. The smallest absolute Gasteiger partial charge is 0.231 e. The molecule has 1 saturated heterocycles. The zero-order valence-corrected chi connectivity index (χ0v) is 17.1. The van der Waals surface area contributed by atoms with Gasteiger partial charge in [0.1, 0.15) is 11.4 Å². The quantitative estimate of drug-likeness (QED) is 0.837. The monoisotopic (exact) mass is 396 g/mol. The molecule has 1 saturated carbocycles. The minimum absolute atomic E-state index is 0.209. The Bertz CT molecular complexity index is 918. The Labute approximate surface area is 171 Å². The SMILES string of the molecule is CCOc1cc2c(cc1CN1C[C@@H]3CC[C@@](O)(c4ncccc4C)[C@@H]3C1)OCO2. The fraction of sp³-hybridized carbons (Fsp3) is 0.522. The first kappa shape index (κ1) is 18.7. The fourth-order valence-corrected chi connectivity index (χ4v) is 5.37. The highest BCUT2D eigenvalue weighted by Gasteiger charge is 2.53. The molecule has 154 valence electrons. The third-order valence-corrected chi connectivity index (χ3v) is 6.70. The average Bonchev–Trinajstić information content (AvgIpc) is 3.40. The van der Waals surface area contributed by atoms with Crippen LogP contribution in [0.15, 0.2) is 30.5 Å². The topological polar surface area (TPSA) is 64.1 Å². The number of hydrogen-bond acceptors (Lipinski definition) is 6. The third-order valence-electron chi connectivity index (χ3n) is 6.70. The lowest BCUT2D eigenvalue weighted by Crippen LogP contribution is -2.36. The summed E-state index contributed by atoms with van der Waals surface area (Å²) in [5.41, 5.74) is 2.20. The lowest BCUT2D eigenvalue weighted by molar-refractivity contribution is -0.0114. The fourth-order valence-electron chi connectivity index (χ4n) is 5.37. The van der Waals surface area contributed by atoms with Crippen LogP contribution in [0, 0.1) is 18.8 Å². The summed E-state index contributed by atoms with van der Waals surface area (Å²) in [5.74, 6) is 3.08. The second kappa shape index (κ2) is 7.18. The molecule has 2 fully saturated rings. The van der Waals surface area contributed by atoms with Gasteiger partial charge in [0.2, 0.25) is 6.79 Å². The van der Waals surface area contributed by atoms with Crippen molar-refractivity contribution >= 4 is 0 Å². The highest BCUT2D eigenvalue weighted by molar-refractivity contribution is 5.52. The van der Waals surface area contributed by atoms with Gasteiger partial charge in [-0.2, -0.15) is 0 Å². The highest BCUT2D eigenvalue weighted by atomic mass is 16.7. The molecule has 2 aromatic rings. The van der Waals surface area contributed by atoms with E-state index in [1.54, 1.807) is 6.20 Å². The van der Waals surface area contributed by atoms with Crippen LogP contribution < -0.4 is 14.2 Å². The van der Waals surface area contributed by atoms with Crippen molar-refractivity contribution in [3.8, 4) is 17.2 Å². The standard InChI is InChI=1S/C23H28N2O4/c1-3-27-19-10-21-20(28-14-29-21)9-17(19)12-25-11-16-6-7-23(26,18(16)13-25)22-15(2)5-4-8-24-22/h4-5,8-10,16,18,26H,3,6-7,11-14H2,1-2H3/t16-,18+,23-/m0/s1. The van der Waals surface area contributed by atoms with E-state index in [-0.39, 0.29) is 12.7 Å². The van der Waals surface area contributed by atoms with Crippen LogP contribution in [-0.2, 0) is 12.1 Å². The van der Waals surface area contributed by atoms with Gasteiger partial charge in [-0.25, -0.2) is 0 Å².